The second kappa shape index (κ2) is 3.82. The molecule has 1 aromatic rings. The zero-order valence-corrected chi connectivity index (χ0v) is 9.46. The monoisotopic (exact) mass is 202 g/mol. The van der Waals surface area contributed by atoms with E-state index in [-0.39, 0.29) is 0 Å². The van der Waals surface area contributed by atoms with E-state index in [0.29, 0.717) is 0 Å². The van der Waals surface area contributed by atoms with E-state index in [1.165, 1.54) is 11.1 Å². The highest BCUT2D eigenvalue weighted by Crippen LogP contribution is 2.36. The first-order valence-electron chi connectivity index (χ1n) is 5.59. The lowest BCUT2D eigenvalue weighted by Gasteiger charge is -2.32. The molecule has 1 N–H and O–H groups in total. The number of aliphatic hydroxyl groups is 1. The Labute approximate surface area is 91.4 Å². The summed E-state index contributed by atoms with van der Waals surface area (Å²) in [6, 6.07) is 8.23. The highest BCUT2D eigenvalue weighted by atomic mass is 16.3. The Morgan fingerprint density at radius 3 is 2.80 bits per heavy atom. The maximum absolute atomic E-state index is 10.6. The number of hydrogen-bond acceptors (Lipinski definition) is 1. The van der Waals surface area contributed by atoms with E-state index in [2.05, 4.69) is 6.07 Å². The molecule has 1 aliphatic carbocycles. The van der Waals surface area contributed by atoms with Gasteiger partial charge in [0.1, 0.15) is 5.60 Å². The molecule has 1 unspecified atom stereocenters. The van der Waals surface area contributed by atoms with Gasteiger partial charge in [0.25, 0.3) is 0 Å². The molecule has 0 fully saturated rings. The first-order valence-corrected chi connectivity index (χ1v) is 5.59. The van der Waals surface area contributed by atoms with Crippen molar-refractivity contribution < 1.29 is 5.11 Å². The first kappa shape index (κ1) is 10.4. The van der Waals surface area contributed by atoms with Crippen molar-refractivity contribution >= 4 is 0 Å². The third kappa shape index (κ3) is 1.98. The van der Waals surface area contributed by atoms with Crippen molar-refractivity contribution in [3.8, 4) is 0 Å². The van der Waals surface area contributed by atoms with Crippen LogP contribution in [-0.4, -0.2) is 5.11 Å². The zero-order valence-electron chi connectivity index (χ0n) is 9.46. The van der Waals surface area contributed by atoms with Crippen LogP contribution in [0.2, 0.25) is 0 Å². The van der Waals surface area contributed by atoms with Gasteiger partial charge in [-0.05, 0) is 50.3 Å². The van der Waals surface area contributed by atoms with E-state index in [9.17, 15) is 5.11 Å². The van der Waals surface area contributed by atoms with Gasteiger partial charge in [-0.25, -0.2) is 0 Å². The first-order chi connectivity index (χ1) is 7.12. The van der Waals surface area contributed by atoms with Gasteiger partial charge in [0.15, 0.2) is 0 Å². The number of benzene rings is 1. The van der Waals surface area contributed by atoms with Gasteiger partial charge in [0.2, 0.25) is 0 Å². The number of allylic oxidation sites excluding steroid dienone is 1. The summed E-state index contributed by atoms with van der Waals surface area (Å²) in [4.78, 5) is 0. The lowest BCUT2D eigenvalue weighted by molar-refractivity contribution is 0.0691. The van der Waals surface area contributed by atoms with E-state index in [0.717, 1.165) is 24.8 Å². The van der Waals surface area contributed by atoms with Crippen molar-refractivity contribution in [3.63, 3.8) is 0 Å². The summed E-state index contributed by atoms with van der Waals surface area (Å²) in [5.41, 5.74) is 2.84. The van der Waals surface area contributed by atoms with Crippen molar-refractivity contribution in [1.29, 1.82) is 0 Å². The second-order valence-electron chi connectivity index (χ2n) is 4.66. The molecule has 0 radical (unpaired) electrons. The fraction of sp³-hybridized carbons (Fsp3) is 0.429. The number of hydrogen-bond donors (Lipinski definition) is 1. The van der Waals surface area contributed by atoms with E-state index in [1.807, 2.05) is 38.1 Å². The lowest BCUT2D eigenvalue weighted by atomic mass is 9.78. The molecule has 0 aliphatic heterocycles. The van der Waals surface area contributed by atoms with Gasteiger partial charge in [-0.2, -0.15) is 0 Å². The Hall–Kier alpha value is -1.08. The molecule has 15 heavy (non-hydrogen) atoms. The van der Waals surface area contributed by atoms with Crippen LogP contribution >= 0.6 is 0 Å². The predicted octanol–water partition coefficient (Wildman–Crippen LogP) is 3.18. The second-order valence-corrected chi connectivity index (χ2v) is 4.66. The van der Waals surface area contributed by atoms with E-state index >= 15 is 0 Å². The molecule has 1 heteroatoms. The predicted molar refractivity (Wildman–Crippen MR) is 62.7 cm³/mol. The smallest absolute Gasteiger partial charge is 0.108 e. The van der Waals surface area contributed by atoms with E-state index in [1.54, 1.807) is 0 Å². The number of fused-ring (bicyclic) bond motifs is 1. The summed E-state index contributed by atoms with van der Waals surface area (Å²) in [6.45, 7) is 4.07. The summed E-state index contributed by atoms with van der Waals surface area (Å²) in [5.74, 6) is 0. The topological polar surface area (TPSA) is 20.2 Å². The van der Waals surface area contributed by atoms with Gasteiger partial charge in [-0.3, -0.25) is 0 Å². The van der Waals surface area contributed by atoms with Crippen molar-refractivity contribution in [3.05, 3.63) is 47.0 Å². The number of rotatable bonds is 1. The molecule has 1 nitrogen and oxygen atoms in total. The quantitative estimate of drug-likeness (QED) is 0.693. The van der Waals surface area contributed by atoms with Gasteiger partial charge in [-0.15, -0.1) is 0 Å². The molecular weight excluding hydrogens is 184 g/mol. The molecule has 0 heterocycles. The highest BCUT2D eigenvalue weighted by Gasteiger charge is 2.31. The fourth-order valence-electron chi connectivity index (χ4n) is 2.47. The van der Waals surface area contributed by atoms with Crippen molar-refractivity contribution in [2.24, 2.45) is 0 Å². The van der Waals surface area contributed by atoms with Crippen molar-refractivity contribution in [1.82, 2.24) is 0 Å². The third-order valence-electron chi connectivity index (χ3n) is 3.02. The summed E-state index contributed by atoms with van der Waals surface area (Å²) in [5, 5.41) is 10.6. The SMILES string of the molecule is CC(C)=CC1(O)CCCc2ccccc21. The van der Waals surface area contributed by atoms with E-state index < -0.39 is 5.60 Å². The van der Waals surface area contributed by atoms with Gasteiger partial charge >= 0.3 is 0 Å². The van der Waals surface area contributed by atoms with Crippen LogP contribution in [0.1, 0.15) is 37.8 Å². The van der Waals surface area contributed by atoms with Gasteiger partial charge in [0.05, 0.1) is 0 Å². The Bertz CT molecular complexity index is 388. The Morgan fingerprint density at radius 2 is 2.07 bits per heavy atom. The molecular formula is C14H18O. The van der Waals surface area contributed by atoms with Crippen LogP contribution in [0.15, 0.2) is 35.9 Å². The molecule has 1 atom stereocenters. The Balaban J connectivity index is 2.49. The summed E-state index contributed by atoms with van der Waals surface area (Å²) < 4.78 is 0. The lowest BCUT2D eigenvalue weighted by Crippen LogP contribution is -2.28. The van der Waals surface area contributed by atoms with Crippen LogP contribution in [0.4, 0.5) is 0 Å². The third-order valence-corrected chi connectivity index (χ3v) is 3.02. The average molecular weight is 202 g/mol. The molecule has 0 amide bonds. The Morgan fingerprint density at radius 1 is 1.33 bits per heavy atom. The van der Waals surface area contributed by atoms with Gasteiger partial charge < -0.3 is 5.11 Å². The molecule has 0 aromatic heterocycles. The zero-order chi connectivity index (χ0) is 10.9. The maximum atomic E-state index is 10.6. The standard InChI is InChI=1S/C14H18O/c1-11(2)10-14(15)9-5-7-12-6-3-4-8-13(12)14/h3-4,6,8,10,15H,5,7,9H2,1-2H3. The largest absolute Gasteiger partial charge is 0.381 e. The maximum Gasteiger partial charge on any atom is 0.108 e. The van der Waals surface area contributed by atoms with E-state index in [4.69, 9.17) is 0 Å². The summed E-state index contributed by atoms with van der Waals surface area (Å²) in [7, 11) is 0. The normalized spacial score (nSPS) is 24.5. The molecule has 0 saturated carbocycles. The molecule has 0 spiro atoms. The molecule has 1 aliphatic rings. The highest BCUT2D eigenvalue weighted by molar-refractivity contribution is 5.38. The minimum Gasteiger partial charge on any atom is -0.381 e. The molecule has 80 valence electrons. The number of aryl methyl sites for hydroxylation is 1. The van der Waals surface area contributed by atoms with Crippen LogP contribution in [-0.2, 0) is 12.0 Å². The fourth-order valence-corrected chi connectivity index (χ4v) is 2.47. The van der Waals surface area contributed by atoms with Crippen molar-refractivity contribution in [2.45, 2.75) is 38.7 Å². The molecule has 0 saturated heterocycles. The molecule has 0 bridgehead atoms. The molecule has 2 rings (SSSR count). The van der Waals surface area contributed by atoms with Gasteiger partial charge in [0, 0.05) is 0 Å². The minimum absolute atomic E-state index is 0.728. The van der Waals surface area contributed by atoms with Gasteiger partial charge in [-0.1, -0.05) is 29.8 Å². The summed E-state index contributed by atoms with van der Waals surface area (Å²) >= 11 is 0. The van der Waals surface area contributed by atoms with Crippen LogP contribution in [0.5, 0.6) is 0 Å². The van der Waals surface area contributed by atoms with Crippen LogP contribution < -0.4 is 0 Å². The average Bonchev–Trinajstić information content (AvgIpc) is 2.17. The van der Waals surface area contributed by atoms with Crippen LogP contribution in [0, 0.1) is 0 Å². The van der Waals surface area contributed by atoms with Crippen LogP contribution in [0.3, 0.4) is 0 Å². The minimum atomic E-state index is -0.728. The molecule has 1 aromatic carbocycles. The summed E-state index contributed by atoms with van der Waals surface area (Å²) in [6.07, 6.45) is 4.99. The Kier molecular flexibility index (Phi) is 2.66. The van der Waals surface area contributed by atoms with Crippen molar-refractivity contribution in [2.75, 3.05) is 0 Å². The van der Waals surface area contributed by atoms with Crippen LogP contribution in [0.25, 0.3) is 0 Å².